The fraction of sp³-hybridized carbons (Fsp3) is 0.562. The first-order valence-electron chi connectivity index (χ1n) is 8.03. The molecule has 1 aromatic rings. The molecule has 0 spiro atoms. The zero-order valence-corrected chi connectivity index (χ0v) is 13.1. The smallest absolute Gasteiger partial charge is 0.273 e. The van der Waals surface area contributed by atoms with Gasteiger partial charge in [-0.2, -0.15) is 0 Å². The van der Waals surface area contributed by atoms with E-state index in [1.807, 2.05) is 4.90 Å². The summed E-state index contributed by atoms with van der Waals surface area (Å²) >= 11 is 0. The van der Waals surface area contributed by atoms with E-state index in [4.69, 9.17) is 0 Å². The van der Waals surface area contributed by atoms with Gasteiger partial charge < -0.3 is 10.0 Å². The number of carbonyl (C=O) groups is 1. The number of nitro benzene ring substituents is 1. The number of fused-ring (bicyclic) bond motifs is 1. The van der Waals surface area contributed by atoms with E-state index in [2.05, 4.69) is 11.8 Å². The number of benzene rings is 1. The van der Waals surface area contributed by atoms with E-state index in [9.17, 15) is 20.0 Å². The lowest BCUT2D eigenvalue weighted by molar-refractivity contribution is -0.384. The fourth-order valence-electron chi connectivity index (χ4n) is 3.66. The van der Waals surface area contributed by atoms with Crippen LogP contribution in [0.25, 0.3) is 0 Å². The van der Waals surface area contributed by atoms with Crippen LogP contribution in [0.5, 0.6) is 5.75 Å². The molecule has 1 amide bonds. The van der Waals surface area contributed by atoms with Crippen molar-refractivity contribution >= 4 is 11.6 Å². The third-order valence-electron chi connectivity index (χ3n) is 4.95. The Bertz CT molecular complexity index is 634. The number of hydrogen-bond acceptors (Lipinski definition) is 5. The molecule has 0 aromatic heterocycles. The third-order valence-corrected chi connectivity index (χ3v) is 4.95. The number of carbonyl (C=O) groups excluding carboxylic acids is 1. The molecule has 23 heavy (non-hydrogen) atoms. The molecule has 2 unspecified atom stereocenters. The lowest BCUT2D eigenvalue weighted by Crippen LogP contribution is -2.57. The molecule has 7 heteroatoms. The van der Waals surface area contributed by atoms with Crippen molar-refractivity contribution in [3.63, 3.8) is 0 Å². The summed E-state index contributed by atoms with van der Waals surface area (Å²) in [7, 11) is 0. The molecule has 2 fully saturated rings. The number of rotatable bonds is 3. The first kappa shape index (κ1) is 15.7. The van der Waals surface area contributed by atoms with Crippen LogP contribution in [0, 0.1) is 10.1 Å². The molecule has 0 aliphatic carbocycles. The third kappa shape index (κ3) is 2.88. The molecule has 2 heterocycles. The number of nitrogens with zero attached hydrogens (tertiary/aromatic N) is 3. The van der Waals surface area contributed by atoms with E-state index in [0.717, 1.165) is 38.4 Å². The van der Waals surface area contributed by atoms with Gasteiger partial charge in [-0.1, -0.05) is 6.92 Å². The molecule has 0 saturated carbocycles. The van der Waals surface area contributed by atoms with Crippen molar-refractivity contribution in [1.82, 2.24) is 9.80 Å². The van der Waals surface area contributed by atoms with Crippen LogP contribution in [0.1, 0.15) is 36.5 Å². The van der Waals surface area contributed by atoms with Gasteiger partial charge in [-0.3, -0.25) is 19.8 Å². The minimum atomic E-state index is -0.583. The normalized spacial score (nSPS) is 24.5. The van der Waals surface area contributed by atoms with E-state index in [-0.39, 0.29) is 28.9 Å². The number of aromatic hydroxyl groups is 1. The minimum Gasteiger partial charge on any atom is -0.507 e. The molecule has 2 aliphatic heterocycles. The molecular weight excluding hydrogens is 298 g/mol. The Labute approximate surface area is 134 Å². The van der Waals surface area contributed by atoms with Crippen LogP contribution in [0.4, 0.5) is 5.69 Å². The fourth-order valence-corrected chi connectivity index (χ4v) is 3.66. The second-order valence-corrected chi connectivity index (χ2v) is 6.27. The standard InChI is InChI=1S/C16H21N3O4/c1-2-11-9-17-7-3-4-13(17)10-18(11)16(21)14-6-5-12(19(22)23)8-15(14)20/h5-6,8,11,13,20H,2-4,7,9-10H2,1H3. The molecule has 3 rings (SSSR count). The maximum atomic E-state index is 12.8. The van der Waals surface area contributed by atoms with E-state index in [1.54, 1.807) is 0 Å². The highest BCUT2D eigenvalue weighted by Gasteiger charge is 2.38. The summed E-state index contributed by atoms with van der Waals surface area (Å²) in [6, 6.07) is 4.16. The van der Waals surface area contributed by atoms with Crippen molar-refractivity contribution in [2.45, 2.75) is 38.3 Å². The van der Waals surface area contributed by atoms with Crippen molar-refractivity contribution in [2.24, 2.45) is 0 Å². The molecule has 1 N–H and O–H groups in total. The Hall–Kier alpha value is -2.15. The lowest BCUT2D eigenvalue weighted by Gasteiger charge is -2.43. The number of phenolic OH excluding ortho intramolecular Hbond substituents is 1. The molecule has 2 saturated heterocycles. The number of nitro groups is 1. The second-order valence-electron chi connectivity index (χ2n) is 6.27. The van der Waals surface area contributed by atoms with E-state index >= 15 is 0 Å². The first-order valence-corrected chi connectivity index (χ1v) is 8.03. The van der Waals surface area contributed by atoms with Gasteiger partial charge in [0.15, 0.2) is 0 Å². The van der Waals surface area contributed by atoms with Crippen LogP contribution in [-0.2, 0) is 0 Å². The zero-order valence-electron chi connectivity index (χ0n) is 13.1. The van der Waals surface area contributed by atoms with Gasteiger partial charge in [0.1, 0.15) is 5.75 Å². The lowest BCUT2D eigenvalue weighted by atomic mass is 10.0. The minimum absolute atomic E-state index is 0.117. The Balaban J connectivity index is 1.85. The number of amides is 1. The number of piperazine rings is 1. The van der Waals surface area contributed by atoms with E-state index in [0.29, 0.717) is 12.6 Å². The van der Waals surface area contributed by atoms with Crippen LogP contribution in [0.15, 0.2) is 18.2 Å². The number of non-ortho nitro benzene ring substituents is 1. The van der Waals surface area contributed by atoms with Gasteiger partial charge in [0.2, 0.25) is 0 Å². The van der Waals surface area contributed by atoms with Gasteiger partial charge >= 0.3 is 0 Å². The van der Waals surface area contributed by atoms with Gasteiger partial charge in [0.05, 0.1) is 16.6 Å². The Kier molecular flexibility index (Phi) is 4.21. The molecular formula is C16H21N3O4. The molecule has 0 radical (unpaired) electrons. The van der Waals surface area contributed by atoms with Crippen molar-refractivity contribution in [3.8, 4) is 5.75 Å². The van der Waals surface area contributed by atoms with Gasteiger partial charge in [-0.15, -0.1) is 0 Å². The SMILES string of the molecule is CCC1CN2CCCC2CN1C(=O)c1ccc([N+](=O)[O-])cc1O. The zero-order chi connectivity index (χ0) is 16.6. The predicted octanol–water partition coefficient (Wildman–Crippen LogP) is 2.00. The quantitative estimate of drug-likeness (QED) is 0.680. The van der Waals surface area contributed by atoms with Crippen molar-refractivity contribution in [2.75, 3.05) is 19.6 Å². The summed E-state index contributed by atoms with van der Waals surface area (Å²) in [4.78, 5) is 27.3. The largest absolute Gasteiger partial charge is 0.507 e. The summed E-state index contributed by atoms with van der Waals surface area (Å²) in [6.45, 7) is 4.66. The molecule has 2 atom stereocenters. The second kappa shape index (κ2) is 6.16. The van der Waals surface area contributed by atoms with Gasteiger partial charge in [-0.05, 0) is 31.9 Å². The van der Waals surface area contributed by atoms with Crippen molar-refractivity contribution < 1.29 is 14.8 Å². The predicted molar refractivity (Wildman–Crippen MR) is 84.5 cm³/mol. The average Bonchev–Trinajstić information content (AvgIpc) is 3.00. The maximum Gasteiger partial charge on any atom is 0.273 e. The van der Waals surface area contributed by atoms with Gasteiger partial charge in [-0.25, -0.2) is 0 Å². The van der Waals surface area contributed by atoms with E-state index in [1.165, 1.54) is 12.1 Å². The monoisotopic (exact) mass is 319 g/mol. The molecule has 0 bridgehead atoms. The molecule has 7 nitrogen and oxygen atoms in total. The van der Waals surface area contributed by atoms with Crippen LogP contribution in [0.2, 0.25) is 0 Å². The highest BCUT2D eigenvalue weighted by atomic mass is 16.6. The average molecular weight is 319 g/mol. The summed E-state index contributed by atoms with van der Waals surface area (Å²) in [5, 5.41) is 20.8. The Morgan fingerprint density at radius 2 is 2.22 bits per heavy atom. The Morgan fingerprint density at radius 1 is 1.43 bits per heavy atom. The molecule has 2 aliphatic rings. The highest BCUT2D eigenvalue weighted by Crippen LogP contribution is 2.30. The summed E-state index contributed by atoms with van der Waals surface area (Å²) < 4.78 is 0. The van der Waals surface area contributed by atoms with Crippen LogP contribution >= 0.6 is 0 Å². The number of phenols is 1. The topological polar surface area (TPSA) is 86.9 Å². The van der Waals surface area contributed by atoms with Crippen LogP contribution < -0.4 is 0 Å². The first-order chi connectivity index (χ1) is 11.0. The summed E-state index contributed by atoms with van der Waals surface area (Å²) in [6.07, 6.45) is 3.10. The summed E-state index contributed by atoms with van der Waals surface area (Å²) in [5.74, 6) is -0.566. The Morgan fingerprint density at radius 3 is 2.87 bits per heavy atom. The highest BCUT2D eigenvalue weighted by molar-refractivity contribution is 5.97. The van der Waals surface area contributed by atoms with Crippen molar-refractivity contribution in [3.05, 3.63) is 33.9 Å². The van der Waals surface area contributed by atoms with Gasteiger partial charge in [0.25, 0.3) is 11.6 Å². The molecule has 1 aromatic carbocycles. The number of hydrogen-bond donors (Lipinski definition) is 1. The molecule has 124 valence electrons. The summed E-state index contributed by atoms with van der Waals surface area (Å²) in [5.41, 5.74) is -0.0767. The maximum absolute atomic E-state index is 12.8. The van der Waals surface area contributed by atoms with Crippen LogP contribution in [-0.4, -0.2) is 57.5 Å². The van der Waals surface area contributed by atoms with Crippen molar-refractivity contribution in [1.29, 1.82) is 0 Å². The van der Waals surface area contributed by atoms with Gasteiger partial charge in [0, 0.05) is 31.2 Å². The van der Waals surface area contributed by atoms with E-state index < -0.39 is 4.92 Å². The van der Waals surface area contributed by atoms with Crippen LogP contribution in [0.3, 0.4) is 0 Å².